The van der Waals surface area contributed by atoms with Gasteiger partial charge < -0.3 is 10.1 Å². The Hall–Kier alpha value is -2.28. The summed E-state index contributed by atoms with van der Waals surface area (Å²) in [7, 11) is 0. The van der Waals surface area contributed by atoms with Crippen LogP contribution in [0.1, 0.15) is 50.5 Å². The molecule has 0 aromatic heterocycles. The summed E-state index contributed by atoms with van der Waals surface area (Å²) in [6.07, 6.45) is 5.14. The molecule has 0 radical (unpaired) electrons. The summed E-state index contributed by atoms with van der Waals surface area (Å²) < 4.78 is 19.6. The molecule has 1 N–H and O–H groups in total. The maximum Gasteiger partial charge on any atom is 0.251 e. The van der Waals surface area contributed by atoms with Gasteiger partial charge in [0.1, 0.15) is 6.61 Å². The van der Waals surface area contributed by atoms with Crippen molar-refractivity contribution in [3.63, 3.8) is 0 Å². The molecule has 0 heterocycles. The molecule has 0 saturated heterocycles. The fourth-order valence-electron chi connectivity index (χ4n) is 1.80. The molecular formula is C19H24FNO2. The van der Waals surface area contributed by atoms with Gasteiger partial charge in [-0.15, -0.1) is 6.42 Å². The first kappa shape index (κ1) is 18.8. The molecule has 0 aliphatic carbocycles. The molecule has 1 rings (SSSR count). The highest BCUT2D eigenvalue weighted by Crippen LogP contribution is 2.30. The Morgan fingerprint density at radius 1 is 1.48 bits per heavy atom. The highest BCUT2D eigenvalue weighted by Gasteiger charge is 2.23. The molecule has 0 aliphatic heterocycles. The van der Waals surface area contributed by atoms with E-state index in [0.717, 1.165) is 6.07 Å². The average molecular weight is 317 g/mol. The molecule has 0 fully saturated rings. The Morgan fingerprint density at radius 3 is 2.57 bits per heavy atom. The van der Waals surface area contributed by atoms with Crippen molar-refractivity contribution in [2.45, 2.75) is 40.7 Å². The fourth-order valence-corrected chi connectivity index (χ4v) is 1.80. The van der Waals surface area contributed by atoms with Crippen molar-refractivity contribution in [2.75, 3.05) is 6.61 Å². The van der Waals surface area contributed by atoms with E-state index in [2.05, 4.69) is 17.8 Å². The number of halogens is 1. The monoisotopic (exact) mass is 317 g/mol. The summed E-state index contributed by atoms with van der Waals surface area (Å²) in [5.41, 5.74) is 1.16. The number of allylic oxidation sites excluding steroid dienone is 1. The van der Waals surface area contributed by atoms with Gasteiger partial charge >= 0.3 is 0 Å². The summed E-state index contributed by atoms with van der Waals surface area (Å²) in [5.74, 6) is 1.35. The standard InChI is InChI=1S/C19H24FNO2/c1-8-9-23-17-15(12(2)3)10-14(11-16(17)20)18(22)21-13(4)19(5,6)7/h1,10-11,13H,2,9H2,3-7H3,(H,21,22)/t13-/m0/s1. The third kappa shape index (κ3) is 4.85. The molecule has 0 bridgehead atoms. The second kappa shape index (κ2) is 7.32. The van der Waals surface area contributed by atoms with Crippen molar-refractivity contribution in [1.82, 2.24) is 5.32 Å². The zero-order chi connectivity index (χ0) is 17.8. The Bertz CT molecular complexity index is 651. The van der Waals surface area contributed by atoms with E-state index in [4.69, 9.17) is 11.2 Å². The SMILES string of the molecule is C#CCOc1c(F)cc(C(=O)N[C@@H](C)C(C)(C)C)cc1C(=C)C. The van der Waals surface area contributed by atoms with Crippen LogP contribution in [0.4, 0.5) is 4.39 Å². The number of rotatable bonds is 5. The van der Waals surface area contributed by atoms with Crippen molar-refractivity contribution < 1.29 is 13.9 Å². The number of amides is 1. The largest absolute Gasteiger partial charge is 0.477 e. The van der Waals surface area contributed by atoms with Crippen molar-refractivity contribution >= 4 is 11.5 Å². The molecular weight excluding hydrogens is 293 g/mol. The topological polar surface area (TPSA) is 38.3 Å². The number of carbonyl (C=O) groups is 1. The first-order valence-electron chi connectivity index (χ1n) is 7.44. The lowest BCUT2D eigenvalue weighted by atomic mass is 9.88. The second-order valence-electron chi connectivity index (χ2n) is 6.67. The maximum atomic E-state index is 14.3. The normalized spacial score (nSPS) is 12.2. The lowest BCUT2D eigenvalue weighted by Crippen LogP contribution is -2.41. The van der Waals surface area contributed by atoms with Gasteiger partial charge in [0.2, 0.25) is 0 Å². The van der Waals surface area contributed by atoms with Crippen LogP contribution in [-0.4, -0.2) is 18.6 Å². The number of ether oxygens (including phenoxy) is 1. The zero-order valence-electron chi connectivity index (χ0n) is 14.4. The smallest absolute Gasteiger partial charge is 0.251 e. The molecule has 1 atom stereocenters. The number of carbonyl (C=O) groups excluding carboxylic acids is 1. The number of benzene rings is 1. The van der Waals surface area contributed by atoms with Gasteiger partial charge in [-0.25, -0.2) is 4.39 Å². The number of hydrogen-bond donors (Lipinski definition) is 1. The van der Waals surface area contributed by atoms with E-state index in [0.29, 0.717) is 11.1 Å². The molecule has 0 saturated carbocycles. The summed E-state index contributed by atoms with van der Waals surface area (Å²) in [6, 6.07) is 2.66. The van der Waals surface area contributed by atoms with E-state index in [9.17, 15) is 9.18 Å². The maximum absolute atomic E-state index is 14.3. The molecule has 1 aromatic rings. The first-order valence-corrected chi connectivity index (χ1v) is 7.44. The molecule has 1 aromatic carbocycles. The van der Waals surface area contributed by atoms with Crippen molar-refractivity contribution in [3.8, 4) is 18.1 Å². The Morgan fingerprint density at radius 2 is 2.09 bits per heavy atom. The predicted molar refractivity (Wildman–Crippen MR) is 91.8 cm³/mol. The van der Waals surface area contributed by atoms with Gasteiger partial charge in [-0.2, -0.15) is 0 Å². The van der Waals surface area contributed by atoms with Crippen LogP contribution in [0.15, 0.2) is 18.7 Å². The van der Waals surface area contributed by atoms with Crippen LogP contribution in [0.5, 0.6) is 5.75 Å². The minimum atomic E-state index is -0.630. The van der Waals surface area contributed by atoms with Gasteiger partial charge in [0.15, 0.2) is 11.6 Å². The quantitative estimate of drug-likeness (QED) is 0.833. The number of nitrogens with one attached hydrogen (secondary N) is 1. The van der Waals surface area contributed by atoms with E-state index in [-0.39, 0.29) is 35.3 Å². The van der Waals surface area contributed by atoms with Crippen molar-refractivity contribution in [1.29, 1.82) is 0 Å². The lowest BCUT2D eigenvalue weighted by Gasteiger charge is -2.28. The van der Waals surface area contributed by atoms with Crippen LogP contribution >= 0.6 is 0 Å². The molecule has 0 unspecified atom stereocenters. The summed E-state index contributed by atoms with van der Waals surface area (Å²) in [5, 5.41) is 2.88. The minimum absolute atomic E-state index is 0.0240. The lowest BCUT2D eigenvalue weighted by molar-refractivity contribution is 0.0909. The molecule has 1 amide bonds. The van der Waals surface area contributed by atoms with E-state index in [1.54, 1.807) is 13.0 Å². The zero-order valence-corrected chi connectivity index (χ0v) is 14.4. The molecule has 3 nitrogen and oxygen atoms in total. The molecule has 124 valence electrons. The van der Waals surface area contributed by atoms with Crippen molar-refractivity contribution in [3.05, 3.63) is 35.7 Å². The number of terminal acetylenes is 1. The third-order valence-corrected chi connectivity index (χ3v) is 3.71. The summed E-state index contributed by atoms with van der Waals surface area (Å²) >= 11 is 0. The van der Waals surface area contributed by atoms with Crippen molar-refractivity contribution in [2.24, 2.45) is 5.41 Å². The van der Waals surface area contributed by atoms with E-state index < -0.39 is 5.82 Å². The van der Waals surface area contributed by atoms with Gasteiger partial charge in [0.05, 0.1) is 0 Å². The van der Waals surface area contributed by atoms with Crippen LogP contribution in [-0.2, 0) is 0 Å². The molecule has 4 heteroatoms. The minimum Gasteiger partial charge on any atom is -0.477 e. The predicted octanol–water partition coefficient (Wildman–Crippen LogP) is 4.04. The van der Waals surface area contributed by atoms with Gasteiger partial charge in [-0.05, 0) is 37.0 Å². The molecule has 23 heavy (non-hydrogen) atoms. The van der Waals surface area contributed by atoms with Crippen LogP contribution in [0, 0.1) is 23.6 Å². The molecule has 0 spiro atoms. The molecule has 0 aliphatic rings. The van der Waals surface area contributed by atoms with Gasteiger partial charge in [-0.1, -0.05) is 33.3 Å². The second-order valence-corrected chi connectivity index (χ2v) is 6.67. The summed E-state index contributed by atoms with van der Waals surface area (Å²) in [6.45, 7) is 13.5. The Kier molecular flexibility index (Phi) is 5.98. The van der Waals surface area contributed by atoms with Crippen LogP contribution < -0.4 is 10.1 Å². The fraction of sp³-hybridized carbons (Fsp3) is 0.421. The highest BCUT2D eigenvalue weighted by atomic mass is 19.1. The highest BCUT2D eigenvalue weighted by molar-refractivity contribution is 5.95. The van der Waals surface area contributed by atoms with E-state index in [1.807, 2.05) is 27.7 Å². The van der Waals surface area contributed by atoms with Crippen LogP contribution in [0.3, 0.4) is 0 Å². The number of hydrogen-bond acceptors (Lipinski definition) is 2. The first-order chi connectivity index (χ1) is 10.6. The van der Waals surface area contributed by atoms with E-state index in [1.165, 1.54) is 0 Å². The van der Waals surface area contributed by atoms with E-state index >= 15 is 0 Å². The third-order valence-electron chi connectivity index (χ3n) is 3.71. The Balaban J connectivity index is 3.17. The van der Waals surface area contributed by atoms with Crippen LogP contribution in [0.2, 0.25) is 0 Å². The Labute approximate surface area is 137 Å². The van der Waals surface area contributed by atoms with Gasteiger partial charge in [0, 0.05) is 17.2 Å². The average Bonchev–Trinajstić information content (AvgIpc) is 2.43. The van der Waals surface area contributed by atoms with Gasteiger partial charge in [-0.3, -0.25) is 4.79 Å². The van der Waals surface area contributed by atoms with Gasteiger partial charge in [0.25, 0.3) is 5.91 Å². The summed E-state index contributed by atoms with van der Waals surface area (Å²) in [4.78, 5) is 12.4. The van der Waals surface area contributed by atoms with Crippen LogP contribution in [0.25, 0.3) is 5.57 Å².